The lowest BCUT2D eigenvalue weighted by Gasteiger charge is -2.48. The molecule has 228 valence electrons. The van der Waals surface area contributed by atoms with Crippen LogP contribution in [0.4, 0.5) is 0 Å². The fraction of sp³-hybridized carbons (Fsp3) is 0.913. The van der Waals surface area contributed by atoms with Crippen molar-refractivity contribution in [3.8, 4) is 0 Å². The Morgan fingerprint density at radius 1 is 0.795 bits per heavy atom. The van der Waals surface area contributed by atoms with Gasteiger partial charge in [0.15, 0.2) is 15.2 Å². The molecule has 0 aromatic rings. The number of aliphatic carboxylic acids is 2. The molecule has 6 aliphatic carbocycles. The Morgan fingerprint density at radius 3 is 1.31 bits per heavy atom. The summed E-state index contributed by atoms with van der Waals surface area (Å²) in [5.74, 6) is -1.45. The van der Waals surface area contributed by atoms with Gasteiger partial charge in [-0.3, -0.25) is 9.59 Å². The molecule has 4 atom stereocenters. The molecular formula is C23H42Cl2N2O10P2. The molecule has 6 fully saturated rings. The second-order valence-corrected chi connectivity index (χ2v) is 15.8. The van der Waals surface area contributed by atoms with Crippen molar-refractivity contribution in [2.45, 2.75) is 75.3 Å². The fourth-order valence-corrected chi connectivity index (χ4v) is 8.33. The third kappa shape index (κ3) is 9.37. The lowest BCUT2D eigenvalue weighted by atomic mass is 9.60. The quantitative estimate of drug-likeness (QED) is 0.196. The third-order valence-electron chi connectivity index (χ3n) is 9.19. The first-order valence-electron chi connectivity index (χ1n) is 13.2. The average Bonchev–Trinajstić information content (AvgIpc) is 2.93. The molecule has 0 aliphatic heterocycles. The summed E-state index contributed by atoms with van der Waals surface area (Å²) in [5, 5.41) is 22.2. The van der Waals surface area contributed by atoms with Crippen molar-refractivity contribution >= 4 is 50.3 Å². The van der Waals surface area contributed by atoms with Gasteiger partial charge >= 0.3 is 11.9 Å². The van der Waals surface area contributed by atoms with Gasteiger partial charge in [0.25, 0.3) is 0 Å². The van der Waals surface area contributed by atoms with Crippen LogP contribution in [0.25, 0.3) is 0 Å². The second-order valence-electron chi connectivity index (χ2n) is 11.1. The number of halogens is 2. The Bertz CT molecular complexity index is 855. The Labute approximate surface area is 239 Å². The Morgan fingerprint density at radius 2 is 1.08 bits per heavy atom. The van der Waals surface area contributed by atoms with E-state index in [2.05, 4.69) is 9.05 Å². The van der Waals surface area contributed by atoms with Gasteiger partial charge in [0.1, 0.15) is 35.5 Å². The van der Waals surface area contributed by atoms with Gasteiger partial charge in [-0.25, -0.2) is 0 Å². The SMILES string of the molecule is COP(=O)([O-])C[NH2+]C12CCC(CC1)C[C@H]2C(=O)O.COP(=O)([O-])C[NH2+]C12CCC(CC1)C[C@H]2C(=O)O.ClCCl. The highest BCUT2D eigenvalue weighted by molar-refractivity contribution is 7.51. The fourth-order valence-electron chi connectivity index (χ4n) is 6.86. The minimum Gasteiger partial charge on any atom is -0.774 e. The molecule has 0 saturated heterocycles. The topological polar surface area (TPSA) is 207 Å². The maximum Gasteiger partial charge on any atom is 0.312 e. The first kappa shape index (κ1) is 34.9. The summed E-state index contributed by atoms with van der Waals surface area (Å²) in [7, 11) is -5.38. The first-order chi connectivity index (χ1) is 18.2. The van der Waals surface area contributed by atoms with Crippen LogP contribution in [0.15, 0.2) is 0 Å². The molecule has 2 unspecified atom stereocenters. The molecule has 0 spiro atoms. The number of alkyl halides is 2. The molecule has 0 aromatic carbocycles. The number of hydrogen-bond donors (Lipinski definition) is 4. The van der Waals surface area contributed by atoms with Gasteiger partial charge in [0, 0.05) is 39.9 Å². The number of rotatable bonds is 10. The number of carbonyl (C=O) groups is 2. The van der Waals surface area contributed by atoms with Gasteiger partial charge in [-0.2, -0.15) is 0 Å². The highest BCUT2D eigenvalue weighted by Crippen LogP contribution is 2.47. The molecule has 0 amide bonds. The van der Waals surface area contributed by atoms with Crippen molar-refractivity contribution in [3.63, 3.8) is 0 Å². The number of hydrogen-bond acceptors (Lipinski definition) is 8. The molecule has 4 bridgehead atoms. The highest BCUT2D eigenvalue weighted by Gasteiger charge is 2.55. The van der Waals surface area contributed by atoms with Crippen LogP contribution >= 0.6 is 38.4 Å². The highest BCUT2D eigenvalue weighted by atomic mass is 35.5. The number of carboxylic acid groups (broad SMARTS) is 2. The number of quaternary nitrogens is 2. The van der Waals surface area contributed by atoms with Crippen LogP contribution in [-0.2, 0) is 27.8 Å². The minimum absolute atomic E-state index is 0.169. The molecule has 6 N–H and O–H groups in total. The van der Waals surface area contributed by atoms with Gasteiger partial charge < -0.3 is 48.8 Å². The predicted octanol–water partition coefficient (Wildman–Crippen LogP) is 0.903. The normalized spacial score (nSPS) is 35.8. The Hall–Kier alpha value is -0.260. The zero-order valence-corrected chi connectivity index (χ0v) is 25.8. The number of carboxylic acids is 2. The summed E-state index contributed by atoms with van der Waals surface area (Å²) in [5.41, 5.74) is -0.891. The summed E-state index contributed by atoms with van der Waals surface area (Å²) in [6.45, 7) is 0. The Kier molecular flexibility index (Phi) is 13.2. The van der Waals surface area contributed by atoms with Crippen molar-refractivity contribution < 1.29 is 58.4 Å². The summed E-state index contributed by atoms with van der Waals surface area (Å²) in [6, 6.07) is 0. The minimum atomic E-state index is -3.83. The molecule has 6 rings (SSSR count). The molecule has 6 aliphatic rings. The van der Waals surface area contributed by atoms with E-state index in [1.54, 1.807) is 10.6 Å². The predicted molar refractivity (Wildman–Crippen MR) is 140 cm³/mol. The van der Waals surface area contributed by atoms with Gasteiger partial charge in [-0.1, -0.05) is 0 Å². The van der Waals surface area contributed by atoms with E-state index in [0.717, 1.165) is 65.6 Å². The Balaban J connectivity index is 0.000000249. The standard InChI is InChI=1S/2C11H20NO5P.CH2Cl2/c2*1-17-18(15,16)7-12-11-4-2-8(3-5-11)6-9(11)10(13)14;2-1-3/h2*8-9,12H,2-7H2,1H3,(H,13,14)(H,15,16);1H2/t2*8?,9-,11?;/m00./s1. The zero-order valence-electron chi connectivity index (χ0n) is 22.5. The van der Waals surface area contributed by atoms with Crippen LogP contribution in [0.5, 0.6) is 0 Å². The van der Waals surface area contributed by atoms with Crippen molar-refractivity contribution in [2.75, 3.05) is 32.1 Å². The molecule has 0 radical (unpaired) electrons. The molecule has 39 heavy (non-hydrogen) atoms. The van der Waals surface area contributed by atoms with Gasteiger partial charge in [-0.15, -0.1) is 23.2 Å². The molecule has 12 nitrogen and oxygen atoms in total. The number of nitrogens with two attached hydrogens (primary N) is 2. The van der Waals surface area contributed by atoms with Gasteiger partial charge in [0.05, 0.1) is 5.34 Å². The van der Waals surface area contributed by atoms with Crippen molar-refractivity contribution in [3.05, 3.63) is 0 Å². The van der Waals surface area contributed by atoms with Gasteiger partial charge in [-0.05, 0) is 50.4 Å². The van der Waals surface area contributed by atoms with E-state index >= 15 is 0 Å². The van der Waals surface area contributed by atoms with Crippen molar-refractivity contribution in [1.82, 2.24) is 0 Å². The van der Waals surface area contributed by atoms with E-state index in [1.807, 2.05) is 0 Å². The lowest BCUT2D eigenvalue weighted by Crippen LogP contribution is -3.00. The zero-order chi connectivity index (χ0) is 29.5. The van der Waals surface area contributed by atoms with E-state index in [-0.39, 0.29) is 17.9 Å². The van der Waals surface area contributed by atoms with Crippen LogP contribution in [0.2, 0.25) is 0 Å². The molecular weight excluding hydrogens is 597 g/mol. The third-order valence-corrected chi connectivity index (χ3v) is 11.6. The summed E-state index contributed by atoms with van der Waals surface area (Å²) < 4.78 is 31.7. The summed E-state index contributed by atoms with van der Waals surface area (Å²) in [6.07, 6.45) is 8.23. The summed E-state index contributed by atoms with van der Waals surface area (Å²) in [4.78, 5) is 45.5. The van der Waals surface area contributed by atoms with E-state index in [9.17, 15) is 38.7 Å². The van der Waals surface area contributed by atoms with Crippen LogP contribution in [-0.4, -0.2) is 65.4 Å². The molecule has 6 saturated carbocycles. The van der Waals surface area contributed by atoms with E-state index in [4.69, 9.17) is 23.2 Å². The summed E-state index contributed by atoms with van der Waals surface area (Å²) >= 11 is 9.53. The van der Waals surface area contributed by atoms with E-state index in [0.29, 0.717) is 24.7 Å². The van der Waals surface area contributed by atoms with E-state index in [1.165, 1.54) is 0 Å². The monoisotopic (exact) mass is 638 g/mol. The second kappa shape index (κ2) is 14.8. The lowest BCUT2D eigenvalue weighted by molar-refractivity contribution is -0.730. The molecule has 0 aromatic heterocycles. The van der Waals surface area contributed by atoms with Crippen LogP contribution in [0.1, 0.15) is 64.2 Å². The van der Waals surface area contributed by atoms with Crippen molar-refractivity contribution in [1.29, 1.82) is 0 Å². The molecule has 16 heteroatoms. The van der Waals surface area contributed by atoms with Crippen LogP contribution in [0.3, 0.4) is 0 Å². The first-order valence-corrected chi connectivity index (χ1v) is 17.7. The maximum absolute atomic E-state index is 11.4. The largest absolute Gasteiger partial charge is 0.774 e. The van der Waals surface area contributed by atoms with Crippen LogP contribution < -0.4 is 20.4 Å². The van der Waals surface area contributed by atoms with Gasteiger partial charge in [0.2, 0.25) is 0 Å². The smallest absolute Gasteiger partial charge is 0.312 e. The van der Waals surface area contributed by atoms with E-state index < -0.39 is 50.0 Å². The molecule has 0 heterocycles. The van der Waals surface area contributed by atoms with Crippen molar-refractivity contribution in [2.24, 2.45) is 23.7 Å². The number of fused-ring (bicyclic) bond motifs is 6. The maximum atomic E-state index is 11.4. The van der Waals surface area contributed by atoms with Crippen LogP contribution in [0, 0.1) is 23.7 Å². The average molecular weight is 639 g/mol.